The fourth-order valence-corrected chi connectivity index (χ4v) is 0.534. The van der Waals surface area contributed by atoms with E-state index in [1.54, 1.807) is 0 Å². The van der Waals surface area contributed by atoms with Crippen molar-refractivity contribution in [3.05, 3.63) is 35.9 Å². The Morgan fingerprint density at radius 2 is 1.21 bits per heavy atom. The van der Waals surface area contributed by atoms with Crippen LogP contribution >= 0.6 is 0 Å². The molecule has 0 aliphatic heterocycles. The predicted molar refractivity (Wildman–Crippen MR) is 63.7 cm³/mol. The van der Waals surface area contributed by atoms with E-state index in [0.29, 0.717) is 0 Å². The van der Waals surface area contributed by atoms with Gasteiger partial charge in [-0.05, 0) is 6.92 Å². The number of hydrogen-bond donors (Lipinski definition) is 6. The van der Waals surface area contributed by atoms with Gasteiger partial charge in [0.1, 0.15) is 0 Å². The fourth-order valence-electron chi connectivity index (χ4n) is 0.534. The van der Waals surface area contributed by atoms with Gasteiger partial charge in [0.2, 0.25) is 12.2 Å². The van der Waals surface area contributed by atoms with E-state index >= 15 is 0 Å². The summed E-state index contributed by atoms with van der Waals surface area (Å²) in [4.78, 5) is 46.0. The summed E-state index contributed by atoms with van der Waals surface area (Å²) >= 11 is 0. The van der Waals surface area contributed by atoms with Gasteiger partial charge in [0.25, 0.3) is 0 Å². The summed E-state index contributed by atoms with van der Waals surface area (Å²) in [5.41, 5.74) is 1.32. The van der Waals surface area contributed by atoms with Crippen LogP contribution in [-0.4, -0.2) is 40.4 Å². The first-order valence-corrected chi connectivity index (χ1v) is 6.00. The maximum absolute atomic E-state index is 8.35. The number of hydrogen-bond acceptors (Lipinski definition) is 8. The van der Waals surface area contributed by atoms with E-state index in [1.165, 1.54) is 5.56 Å². The van der Waals surface area contributed by atoms with Crippen LogP contribution in [0.15, 0.2) is 30.3 Å². The molecule has 1 aromatic rings. The third kappa shape index (κ3) is 73.7. The number of carbonyl (C=O) groups excluding carboxylic acids is 2. The average molecular weight is 314 g/mol. The third-order valence-electron chi connectivity index (χ3n) is 0.940. The van der Waals surface area contributed by atoms with Crippen LogP contribution in [0.5, 0.6) is 0 Å². The molecular weight excluding hydrogens is 299 g/mol. The Kier molecular flexibility index (Phi) is 28.5. The molecule has 6 N–H and O–H groups in total. The van der Waals surface area contributed by atoms with Crippen LogP contribution in [-0.2, 0) is 9.59 Å². The first-order valence-electron chi connectivity index (χ1n) is 4.21. The van der Waals surface area contributed by atoms with Gasteiger partial charge in [-0.15, -0.1) is 0 Å². The zero-order chi connectivity index (χ0) is 15.0. The molecule has 0 saturated carbocycles. The molecule has 0 aliphatic carbocycles. The third-order valence-corrected chi connectivity index (χ3v) is 0.940. The van der Waals surface area contributed by atoms with Gasteiger partial charge in [-0.3, -0.25) is 0 Å². The van der Waals surface area contributed by atoms with E-state index in [-0.39, 0.29) is 52.8 Å². The van der Waals surface area contributed by atoms with E-state index in [0.717, 1.165) is 12.2 Å². The van der Waals surface area contributed by atoms with Gasteiger partial charge >= 0.3 is 60.4 Å². The van der Waals surface area contributed by atoms with Gasteiger partial charge in [-0.1, -0.05) is 35.9 Å². The molecule has 10 heteroatoms. The van der Waals surface area contributed by atoms with E-state index in [1.807, 2.05) is 18.2 Å². The summed E-state index contributed by atoms with van der Waals surface area (Å²) in [5, 5.41) is 10.8. The number of isocyanates is 2. The molecule has 0 spiro atoms. The second-order valence-electron chi connectivity index (χ2n) is 2.46. The quantitative estimate of drug-likeness (QED) is 0.164. The molecule has 102 valence electrons. The van der Waals surface area contributed by atoms with Gasteiger partial charge in [0, 0.05) is 0 Å². The van der Waals surface area contributed by atoms with Crippen molar-refractivity contribution in [1.82, 2.24) is 0 Å². The minimum absolute atomic E-state index is 0. The van der Waals surface area contributed by atoms with Crippen molar-refractivity contribution in [3.63, 3.8) is 0 Å². The van der Waals surface area contributed by atoms with Gasteiger partial charge in [-0.25, -0.2) is 20.4 Å². The normalized spacial score (nSPS) is 7.21. The van der Waals surface area contributed by atoms with Crippen molar-refractivity contribution in [2.75, 3.05) is 0 Å². The summed E-state index contributed by atoms with van der Waals surface area (Å²) in [6, 6.07) is 10.3. The number of rotatable bonds is 0. The number of nitrogens with one attached hydrogen (secondary N) is 2. The van der Waals surface area contributed by atoms with Crippen LogP contribution in [0.25, 0.3) is 0 Å². The summed E-state index contributed by atoms with van der Waals surface area (Å²) < 4.78 is 0. The largest absolute Gasteiger partial charge is 1.00 e. The molecule has 1 aromatic carbocycles. The first-order chi connectivity index (χ1) is 8.22. The summed E-state index contributed by atoms with van der Waals surface area (Å²) in [6.07, 6.45) is 1.50. The molecule has 1 rings (SSSR count). The van der Waals surface area contributed by atoms with Crippen LogP contribution in [0.3, 0.4) is 0 Å². The maximum Gasteiger partial charge on any atom is 1.00 e. The van der Waals surface area contributed by atoms with Crippen molar-refractivity contribution >= 4 is 21.2 Å². The van der Waals surface area contributed by atoms with Crippen molar-refractivity contribution in [2.45, 2.75) is 6.92 Å². The van der Waals surface area contributed by atoms with Crippen LogP contribution in [0.2, 0.25) is 0 Å². The molecule has 0 atom stereocenters. The van der Waals surface area contributed by atoms with Gasteiger partial charge in [0.05, 0.1) is 0 Å². The molecule has 0 bridgehead atoms. The standard InChI is InChI=1S/C7H8.2CHNO.K.H4O4Si.H/c1-7-5-3-2-4-6-7;2*2-1-3;;1-5(2,3)4;/h2-6H,1H3;2*2H;;1-4H;/q;;;+1;;-1. The topological polar surface area (TPSA) is 163 Å². The Balaban J connectivity index is -0.0000000520. The predicted octanol–water partition coefficient (Wildman–Crippen LogP) is -3.70. The Bertz CT molecular complexity index is 346. The molecule has 0 aromatic heterocycles. The van der Waals surface area contributed by atoms with E-state index in [2.05, 4.69) is 19.1 Å². The molecule has 0 unspecified atom stereocenters. The number of benzene rings is 1. The SMILES string of the molecule is Cc1ccccc1.N=C=O.N=C=O.O[Si](O)(O)O.[H-].[K+]. The fraction of sp³-hybridized carbons (Fsp3) is 0.111. The molecular formula is C9H15KN2O6Si. The number of aryl methyl sites for hydroxylation is 1. The second kappa shape index (κ2) is 20.0. The van der Waals surface area contributed by atoms with Crippen LogP contribution < -0.4 is 51.4 Å². The van der Waals surface area contributed by atoms with Gasteiger partial charge in [0.15, 0.2) is 0 Å². The molecule has 0 aliphatic rings. The maximum atomic E-state index is 8.35. The van der Waals surface area contributed by atoms with Crippen LogP contribution in [0.1, 0.15) is 6.99 Å². The Hall–Kier alpha value is -0.327. The summed E-state index contributed by atoms with van der Waals surface area (Å²) in [6.45, 7) is 2.08. The van der Waals surface area contributed by atoms with Crippen molar-refractivity contribution in [1.29, 1.82) is 10.8 Å². The molecule has 0 fully saturated rings. The van der Waals surface area contributed by atoms with E-state index < -0.39 is 9.05 Å². The average Bonchev–Trinajstić information content (AvgIpc) is 2.18. The van der Waals surface area contributed by atoms with Crippen LogP contribution in [0, 0.1) is 17.7 Å². The minimum atomic E-state index is -4.61. The van der Waals surface area contributed by atoms with Crippen molar-refractivity contribution < 1.29 is 81.6 Å². The monoisotopic (exact) mass is 314 g/mol. The summed E-state index contributed by atoms with van der Waals surface area (Å²) in [7, 11) is -4.61. The van der Waals surface area contributed by atoms with Gasteiger partial charge < -0.3 is 20.6 Å². The first kappa shape index (κ1) is 27.1. The second-order valence-corrected chi connectivity index (χ2v) is 3.66. The molecule has 0 heterocycles. The smallest absolute Gasteiger partial charge is 1.00 e. The molecule has 0 amide bonds. The molecule has 8 nitrogen and oxygen atoms in total. The van der Waals surface area contributed by atoms with Crippen LogP contribution in [0.4, 0.5) is 0 Å². The Labute approximate surface area is 155 Å². The zero-order valence-corrected chi connectivity index (χ0v) is 14.6. The van der Waals surface area contributed by atoms with Crippen molar-refractivity contribution in [2.24, 2.45) is 0 Å². The molecule has 0 radical (unpaired) electrons. The molecule has 19 heavy (non-hydrogen) atoms. The van der Waals surface area contributed by atoms with Gasteiger partial charge in [-0.2, -0.15) is 0 Å². The summed E-state index contributed by atoms with van der Waals surface area (Å²) in [5.74, 6) is 0. The zero-order valence-electron chi connectivity index (χ0n) is 11.5. The Morgan fingerprint density at radius 3 is 1.32 bits per heavy atom. The Morgan fingerprint density at radius 1 is 1.00 bits per heavy atom. The van der Waals surface area contributed by atoms with E-state index in [4.69, 9.17) is 39.6 Å². The molecule has 0 saturated heterocycles. The van der Waals surface area contributed by atoms with Crippen molar-refractivity contribution in [3.8, 4) is 0 Å². The minimum Gasteiger partial charge on any atom is -1.00 e. The van der Waals surface area contributed by atoms with E-state index in [9.17, 15) is 0 Å².